The third-order valence-electron chi connectivity index (χ3n) is 7.16. The van der Waals surface area contributed by atoms with Crippen LogP contribution >= 0.6 is 0 Å². The lowest BCUT2D eigenvalue weighted by Crippen LogP contribution is -2.42. The molecule has 2 aliphatic rings. The van der Waals surface area contributed by atoms with Crippen LogP contribution in [0.4, 0.5) is 0 Å². The van der Waals surface area contributed by atoms with Crippen LogP contribution in [0.5, 0.6) is 11.5 Å². The van der Waals surface area contributed by atoms with Gasteiger partial charge in [-0.25, -0.2) is 0 Å². The van der Waals surface area contributed by atoms with Gasteiger partial charge in [0.1, 0.15) is 18.1 Å². The summed E-state index contributed by atoms with van der Waals surface area (Å²) in [6, 6.07) is 17.9. The summed E-state index contributed by atoms with van der Waals surface area (Å²) in [5.41, 5.74) is 3.49. The van der Waals surface area contributed by atoms with Gasteiger partial charge in [-0.2, -0.15) is 0 Å². The number of para-hydroxylation sites is 1. The minimum Gasteiger partial charge on any atom is -0.497 e. The first-order chi connectivity index (χ1) is 16.7. The van der Waals surface area contributed by atoms with Crippen molar-refractivity contribution in [1.29, 1.82) is 0 Å². The highest BCUT2D eigenvalue weighted by atomic mass is 16.5. The molecule has 6 nitrogen and oxygen atoms in total. The van der Waals surface area contributed by atoms with E-state index in [4.69, 9.17) is 14.2 Å². The first-order valence-corrected chi connectivity index (χ1v) is 11.8. The minimum absolute atomic E-state index is 0.0428. The van der Waals surface area contributed by atoms with E-state index in [1.807, 2.05) is 54.6 Å². The van der Waals surface area contributed by atoms with Gasteiger partial charge in [-0.1, -0.05) is 30.3 Å². The molecule has 34 heavy (non-hydrogen) atoms. The van der Waals surface area contributed by atoms with Gasteiger partial charge in [0.05, 0.1) is 37.4 Å². The van der Waals surface area contributed by atoms with Crippen LogP contribution in [0, 0.1) is 6.92 Å². The number of ketones is 1. The van der Waals surface area contributed by atoms with Gasteiger partial charge < -0.3 is 18.8 Å². The maximum atomic E-state index is 14.1. The van der Waals surface area contributed by atoms with Gasteiger partial charge in [-0.05, 0) is 42.0 Å². The summed E-state index contributed by atoms with van der Waals surface area (Å²) in [5, 5.41) is 2.88. The van der Waals surface area contributed by atoms with E-state index in [9.17, 15) is 4.79 Å². The van der Waals surface area contributed by atoms with Crippen molar-refractivity contribution in [2.75, 3.05) is 46.6 Å². The van der Waals surface area contributed by atoms with Crippen LogP contribution in [0.1, 0.15) is 27.7 Å². The molecule has 2 aliphatic heterocycles. The average Bonchev–Trinajstić information content (AvgIpc) is 3.18. The number of carbonyl (C=O) groups is 1. The van der Waals surface area contributed by atoms with Crippen LogP contribution in [0.15, 0.2) is 54.6 Å². The van der Waals surface area contributed by atoms with Gasteiger partial charge in [0.15, 0.2) is 5.78 Å². The Balaban J connectivity index is 1.48. The maximum absolute atomic E-state index is 14.1. The van der Waals surface area contributed by atoms with Crippen LogP contribution in [0.3, 0.4) is 0 Å². The highest BCUT2D eigenvalue weighted by molar-refractivity contribution is 6.22. The molecule has 1 saturated heterocycles. The largest absolute Gasteiger partial charge is 0.497 e. The summed E-state index contributed by atoms with van der Waals surface area (Å²) in [6.45, 7) is 6.92. The summed E-state index contributed by atoms with van der Waals surface area (Å²) in [4.78, 5) is 16.5. The van der Waals surface area contributed by atoms with Crippen molar-refractivity contribution in [3.05, 3.63) is 71.4 Å². The first-order valence-electron chi connectivity index (χ1n) is 11.8. The Hall–Kier alpha value is -3.35. The third kappa shape index (κ3) is 3.37. The molecular weight excluding hydrogens is 428 g/mol. The summed E-state index contributed by atoms with van der Waals surface area (Å²) >= 11 is 0. The normalized spacial score (nSPS) is 18.2. The smallest absolute Gasteiger partial charge is 0.196 e. The van der Waals surface area contributed by atoms with Crippen molar-refractivity contribution in [3.63, 3.8) is 0 Å². The molecule has 0 bridgehead atoms. The van der Waals surface area contributed by atoms with Crippen molar-refractivity contribution in [2.45, 2.75) is 13.0 Å². The molecular formula is C28H28N2O4. The Morgan fingerprint density at radius 1 is 1.06 bits per heavy atom. The molecule has 1 aromatic heterocycles. The predicted octanol–water partition coefficient (Wildman–Crippen LogP) is 4.61. The zero-order valence-electron chi connectivity index (χ0n) is 19.5. The van der Waals surface area contributed by atoms with Crippen molar-refractivity contribution in [2.24, 2.45) is 0 Å². The SMILES string of the molecule is COc1ccc2c(C(=O)c3c(C)n4c5c(cccc35)OC[C@H]4CN3CCOCC3)cccc2c1. The van der Waals surface area contributed by atoms with Gasteiger partial charge in [-0.3, -0.25) is 9.69 Å². The fourth-order valence-electron chi connectivity index (χ4n) is 5.51. The summed E-state index contributed by atoms with van der Waals surface area (Å²) in [6.07, 6.45) is 0. The van der Waals surface area contributed by atoms with Crippen LogP contribution < -0.4 is 9.47 Å². The molecule has 6 rings (SSSR count). The minimum atomic E-state index is 0.0428. The zero-order chi connectivity index (χ0) is 23.2. The number of benzene rings is 3. The van der Waals surface area contributed by atoms with E-state index < -0.39 is 0 Å². The van der Waals surface area contributed by atoms with E-state index in [2.05, 4.69) is 16.4 Å². The molecule has 0 unspecified atom stereocenters. The van der Waals surface area contributed by atoms with Gasteiger partial charge in [0.25, 0.3) is 0 Å². The zero-order valence-corrected chi connectivity index (χ0v) is 19.5. The first kappa shape index (κ1) is 21.2. The van der Waals surface area contributed by atoms with E-state index in [-0.39, 0.29) is 11.8 Å². The van der Waals surface area contributed by atoms with E-state index >= 15 is 0 Å². The lowest BCUT2D eigenvalue weighted by Gasteiger charge is -2.34. The molecule has 174 valence electrons. The number of morpholine rings is 1. The van der Waals surface area contributed by atoms with Crippen LogP contribution in [0.2, 0.25) is 0 Å². The summed E-state index contributed by atoms with van der Waals surface area (Å²) in [7, 11) is 1.66. The Morgan fingerprint density at radius 3 is 2.71 bits per heavy atom. The van der Waals surface area contributed by atoms with Crippen LogP contribution in [0.25, 0.3) is 21.7 Å². The topological polar surface area (TPSA) is 52.9 Å². The quantitative estimate of drug-likeness (QED) is 0.411. The Morgan fingerprint density at radius 2 is 1.88 bits per heavy atom. The Kier molecular flexibility index (Phi) is 5.27. The summed E-state index contributed by atoms with van der Waals surface area (Å²) < 4.78 is 19.4. The molecule has 0 aliphatic carbocycles. The number of hydrogen-bond acceptors (Lipinski definition) is 5. The maximum Gasteiger partial charge on any atom is 0.196 e. The predicted molar refractivity (Wildman–Crippen MR) is 132 cm³/mol. The molecule has 3 aromatic carbocycles. The second-order valence-corrected chi connectivity index (χ2v) is 9.08. The van der Waals surface area contributed by atoms with Gasteiger partial charge in [0.2, 0.25) is 0 Å². The highest BCUT2D eigenvalue weighted by Gasteiger charge is 2.31. The van der Waals surface area contributed by atoms with Gasteiger partial charge >= 0.3 is 0 Å². The van der Waals surface area contributed by atoms with Crippen molar-refractivity contribution in [3.8, 4) is 11.5 Å². The molecule has 4 aromatic rings. The monoisotopic (exact) mass is 456 g/mol. The van der Waals surface area contributed by atoms with Gasteiger partial charge in [0, 0.05) is 36.3 Å². The number of nitrogens with zero attached hydrogens (tertiary/aromatic N) is 2. The fraction of sp³-hybridized carbons (Fsp3) is 0.321. The molecule has 0 N–H and O–H groups in total. The number of rotatable bonds is 5. The van der Waals surface area contributed by atoms with Crippen molar-refractivity contribution in [1.82, 2.24) is 9.47 Å². The van der Waals surface area contributed by atoms with Crippen LogP contribution in [-0.2, 0) is 4.74 Å². The number of hydrogen-bond donors (Lipinski definition) is 0. The highest BCUT2D eigenvalue weighted by Crippen LogP contribution is 2.40. The second kappa shape index (κ2) is 8.46. The third-order valence-corrected chi connectivity index (χ3v) is 7.16. The van der Waals surface area contributed by atoms with Gasteiger partial charge in [-0.15, -0.1) is 0 Å². The number of carbonyl (C=O) groups excluding carboxylic acids is 1. The molecule has 0 spiro atoms. The Bertz CT molecular complexity index is 1400. The van der Waals surface area contributed by atoms with E-state index in [0.717, 1.165) is 77.3 Å². The Labute approximate surface area is 198 Å². The van der Waals surface area contributed by atoms with Crippen LogP contribution in [-0.4, -0.2) is 61.8 Å². The standard InChI is InChI=1S/C28H28N2O4/c1-18-26(28(31)23-6-3-5-19-15-21(32-2)9-10-22(19)23)24-7-4-8-25-27(24)30(18)20(17-34-25)16-29-11-13-33-14-12-29/h3-10,15,20H,11-14,16-17H2,1-2H3/t20-/m1/s1. The van der Waals surface area contributed by atoms with Crippen molar-refractivity contribution >= 4 is 27.5 Å². The molecule has 0 radical (unpaired) electrons. The molecule has 1 atom stereocenters. The molecule has 3 heterocycles. The number of fused-ring (bicyclic) bond motifs is 1. The fourth-order valence-corrected chi connectivity index (χ4v) is 5.51. The molecule has 6 heteroatoms. The second-order valence-electron chi connectivity index (χ2n) is 9.08. The van der Waals surface area contributed by atoms with E-state index in [1.54, 1.807) is 7.11 Å². The molecule has 1 fully saturated rings. The average molecular weight is 457 g/mol. The lowest BCUT2D eigenvalue weighted by atomic mass is 9.95. The lowest BCUT2D eigenvalue weighted by molar-refractivity contribution is 0.0272. The number of ether oxygens (including phenoxy) is 3. The number of aromatic nitrogens is 1. The summed E-state index contributed by atoms with van der Waals surface area (Å²) in [5.74, 6) is 1.67. The molecule has 0 amide bonds. The van der Waals surface area contributed by atoms with E-state index in [0.29, 0.717) is 12.2 Å². The number of methoxy groups -OCH3 is 1. The van der Waals surface area contributed by atoms with E-state index in [1.165, 1.54) is 0 Å². The van der Waals surface area contributed by atoms with Crippen molar-refractivity contribution < 1.29 is 19.0 Å². The molecule has 0 saturated carbocycles.